The number of aryl methyl sites for hydroxylation is 1. The summed E-state index contributed by atoms with van der Waals surface area (Å²) in [5.74, 6) is 3.18. The van der Waals surface area contributed by atoms with E-state index in [1.54, 1.807) is 10.9 Å². The molecular weight excluding hydrogens is 310 g/mol. The molecule has 0 radical (unpaired) electrons. The molecule has 0 unspecified atom stereocenters. The van der Waals surface area contributed by atoms with Gasteiger partial charge in [-0.15, -0.1) is 0 Å². The van der Waals surface area contributed by atoms with Crippen LogP contribution in [0.25, 0.3) is 0 Å². The molecule has 4 fully saturated rings. The van der Waals surface area contributed by atoms with Crippen LogP contribution in [0, 0.1) is 23.7 Å². The molecule has 1 heterocycles. The van der Waals surface area contributed by atoms with E-state index in [0.29, 0.717) is 28.6 Å². The fraction of sp³-hybridized carbons (Fsp3) is 0.778. The molecule has 5 rings (SSSR count). The van der Waals surface area contributed by atoms with Gasteiger partial charge >= 0.3 is 0 Å². The second-order valence-electron chi connectivity index (χ2n) is 7.86. The van der Waals surface area contributed by atoms with Gasteiger partial charge in [0.15, 0.2) is 0 Å². The molecule has 5 heteroatoms. The Balaban J connectivity index is 1.45. The third-order valence-electron chi connectivity index (χ3n) is 6.27. The normalized spacial score (nSPS) is 34.8. The van der Waals surface area contributed by atoms with Gasteiger partial charge in [0.05, 0.1) is 11.8 Å². The smallest absolute Gasteiger partial charge is 0.256 e. The maximum Gasteiger partial charge on any atom is 0.256 e. The largest absolute Gasteiger partial charge is 0.349 e. The Morgan fingerprint density at radius 3 is 2.52 bits per heavy atom. The lowest BCUT2D eigenvalue weighted by Gasteiger charge is -2.54. The molecular formula is C18H26ClN3O. The van der Waals surface area contributed by atoms with Crippen LogP contribution in [0.4, 0.5) is 0 Å². The summed E-state index contributed by atoms with van der Waals surface area (Å²) in [5.41, 5.74) is 0.538. The number of aromatic nitrogens is 2. The van der Waals surface area contributed by atoms with E-state index < -0.39 is 0 Å². The van der Waals surface area contributed by atoms with Crippen LogP contribution in [0.3, 0.4) is 0 Å². The Morgan fingerprint density at radius 2 is 1.91 bits per heavy atom. The predicted molar refractivity (Wildman–Crippen MR) is 90.4 cm³/mol. The first-order valence-electron chi connectivity index (χ1n) is 9.17. The van der Waals surface area contributed by atoms with Crippen LogP contribution in [0.2, 0.25) is 5.15 Å². The van der Waals surface area contributed by atoms with Crippen LogP contribution in [0.1, 0.15) is 62.2 Å². The first-order chi connectivity index (χ1) is 11.2. The molecule has 0 aliphatic heterocycles. The molecule has 4 aliphatic rings. The summed E-state index contributed by atoms with van der Waals surface area (Å²) in [5, 5.41) is 8.08. The fourth-order valence-electron chi connectivity index (χ4n) is 5.38. The standard InChI is InChI=1S/C18H26ClN3O/c1-2-3-4-22-17(19)15(10-20-22)18(23)21-16-13-6-11-5-12(8-13)9-14(16)7-11/h10-14,16H,2-9H2,1H3,(H,21,23). The van der Waals surface area contributed by atoms with E-state index in [4.69, 9.17) is 11.6 Å². The number of nitrogens with one attached hydrogen (secondary N) is 1. The van der Waals surface area contributed by atoms with Gasteiger partial charge in [0.2, 0.25) is 0 Å². The molecule has 4 saturated carbocycles. The molecule has 126 valence electrons. The minimum Gasteiger partial charge on any atom is -0.349 e. The van der Waals surface area contributed by atoms with E-state index in [2.05, 4.69) is 17.3 Å². The van der Waals surface area contributed by atoms with Crippen molar-refractivity contribution in [1.82, 2.24) is 15.1 Å². The van der Waals surface area contributed by atoms with Gasteiger partial charge in [0, 0.05) is 12.6 Å². The highest BCUT2D eigenvalue weighted by molar-refractivity contribution is 6.32. The van der Waals surface area contributed by atoms with Crippen LogP contribution in [-0.2, 0) is 6.54 Å². The summed E-state index contributed by atoms with van der Waals surface area (Å²) in [6, 6.07) is 0.352. The zero-order chi connectivity index (χ0) is 16.0. The van der Waals surface area contributed by atoms with Crippen molar-refractivity contribution in [2.24, 2.45) is 23.7 Å². The molecule has 1 aromatic rings. The van der Waals surface area contributed by atoms with Crippen LogP contribution < -0.4 is 5.32 Å². The number of nitrogens with zero attached hydrogens (tertiary/aromatic N) is 2. The minimum atomic E-state index is -0.0322. The lowest BCUT2D eigenvalue weighted by Crippen LogP contribution is -2.55. The molecule has 23 heavy (non-hydrogen) atoms. The van der Waals surface area contributed by atoms with E-state index >= 15 is 0 Å². The average molecular weight is 336 g/mol. The van der Waals surface area contributed by atoms with E-state index in [1.807, 2.05) is 0 Å². The Morgan fingerprint density at radius 1 is 1.26 bits per heavy atom. The van der Waals surface area contributed by atoms with Crippen molar-refractivity contribution in [2.75, 3.05) is 0 Å². The monoisotopic (exact) mass is 335 g/mol. The molecule has 4 bridgehead atoms. The quantitative estimate of drug-likeness (QED) is 0.887. The molecule has 0 aromatic carbocycles. The fourth-order valence-corrected chi connectivity index (χ4v) is 5.64. The first-order valence-corrected chi connectivity index (χ1v) is 9.55. The molecule has 1 aromatic heterocycles. The van der Waals surface area contributed by atoms with Gasteiger partial charge in [-0.25, -0.2) is 0 Å². The van der Waals surface area contributed by atoms with E-state index in [9.17, 15) is 4.79 Å². The van der Waals surface area contributed by atoms with Crippen molar-refractivity contribution in [3.63, 3.8) is 0 Å². The average Bonchev–Trinajstić information content (AvgIpc) is 2.89. The second-order valence-corrected chi connectivity index (χ2v) is 8.21. The van der Waals surface area contributed by atoms with Gasteiger partial charge in [0.25, 0.3) is 5.91 Å². The van der Waals surface area contributed by atoms with Crippen LogP contribution >= 0.6 is 11.6 Å². The Labute approximate surface area is 143 Å². The zero-order valence-electron chi connectivity index (χ0n) is 13.8. The van der Waals surface area contributed by atoms with Crippen molar-refractivity contribution in [1.29, 1.82) is 0 Å². The number of amides is 1. The zero-order valence-corrected chi connectivity index (χ0v) is 14.6. The number of carbonyl (C=O) groups is 1. The highest BCUT2D eigenvalue weighted by Gasteiger charge is 2.48. The van der Waals surface area contributed by atoms with Crippen LogP contribution in [-0.4, -0.2) is 21.7 Å². The molecule has 4 nitrogen and oxygen atoms in total. The number of hydrogen-bond donors (Lipinski definition) is 1. The SMILES string of the molecule is CCCCn1ncc(C(=O)NC2C3CC4CC(C3)CC2C4)c1Cl. The van der Waals surface area contributed by atoms with Gasteiger partial charge in [-0.05, 0) is 62.2 Å². The van der Waals surface area contributed by atoms with Crippen molar-refractivity contribution >= 4 is 17.5 Å². The number of hydrogen-bond acceptors (Lipinski definition) is 2. The van der Waals surface area contributed by atoms with Gasteiger partial charge < -0.3 is 5.32 Å². The topological polar surface area (TPSA) is 46.9 Å². The van der Waals surface area contributed by atoms with Crippen molar-refractivity contribution in [3.8, 4) is 0 Å². The number of carbonyl (C=O) groups excluding carboxylic acids is 1. The molecule has 4 aliphatic carbocycles. The number of halogens is 1. The highest BCUT2D eigenvalue weighted by atomic mass is 35.5. The van der Waals surface area contributed by atoms with Gasteiger partial charge in [0.1, 0.15) is 5.15 Å². The molecule has 0 saturated heterocycles. The van der Waals surface area contributed by atoms with Crippen molar-refractivity contribution in [3.05, 3.63) is 16.9 Å². The summed E-state index contributed by atoms with van der Waals surface area (Å²) in [7, 11) is 0. The van der Waals surface area contributed by atoms with Gasteiger partial charge in [-0.2, -0.15) is 5.10 Å². The Hall–Kier alpha value is -1.03. The maximum atomic E-state index is 12.7. The summed E-state index contributed by atoms with van der Waals surface area (Å²) in [4.78, 5) is 12.7. The molecule has 1 N–H and O–H groups in total. The third kappa shape index (κ3) is 2.79. The van der Waals surface area contributed by atoms with E-state index in [0.717, 1.165) is 31.2 Å². The Kier molecular flexibility index (Phi) is 4.12. The van der Waals surface area contributed by atoms with E-state index in [-0.39, 0.29) is 5.91 Å². The van der Waals surface area contributed by atoms with Crippen molar-refractivity contribution in [2.45, 2.75) is 64.5 Å². The maximum absolute atomic E-state index is 12.7. The summed E-state index contributed by atoms with van der Waals surface area (Å²) in [6.45, 7) is 2.91. The molecule has 1 amide bonds. The second kappa shape index (κ2) is 6.12. The van der Waals surface area contributed by atoms with Crippen LogP contribution in [0.15, 0.2) is 6.20 Å². The van der Waals surface area contributed by atoms with E-state index in [1.165, 1.54) is 32.1 Å². The minimum absolute atomic E-state index is 0.0322. The summed E-state index contributed by atoms with van der Waals surface area (Å²) in [6.07, 6.45) is 10.4. The summed E-state index contributed by atoms with van der Waals surface area (Å²) < 4.78 is 1.75. The van der Waals surface area contributed by atoms with Crippen molar-refractivity contribution < 1.29 is 4.79 Å². The molecule has 0 spiro atoms. The lowest BCUT2D eigenvalue weighted by molar-refractivity contribution is -0.0119. The highest BCUT2D eigenvalue weighted by Crippen LogP contribution is 2.53. The van der Waals surface area contributed by atoms with Crippen LogP contribution in [0.5, 0.6) is 0 Å². The first kappa shape index (κ1) is 15.5. The molecule has 0 atom stereocenters. The summed E-state index contributed by atoms with van der Waals surface area (Å²) >= 11 is 6.36. The lowest BCUT2D eigenvalue weighted by atomic mass is 9.54. The van der Waals surface area contributed by atoms with Gasteiger partial charge in [-0.3, -0.25) is 9.48 Å². The third-order valence-corrected chi connectivity index (χ3v) is 6.67. The number of unbranched alkanes of at least 4 members (excludes halogenated alkanes) is 1. The Bertz CT molecular complexity index is 569. The predicted octanol–water partition coefficient (Wildman–Crippen LogP) is 3.89. The van der Waals surface area contributed by atoms with Gasteiger partial charge in [-0.1, -0.05) is 24.9 Å². The number of rotatable bonds is 5.